The van der Waals surface area contributed by atoms with Gasteiger partial charge in [0, 0.05) is 10.2 Å². The van der Waals surface area contributed by atoms with Gasteiger partial charge >= 0.3 is 0 Å². The molecule has 104 valence electrons. The van der Waals surface area contributed by atoms with Gasteiger partial charge in [0.2, 0.25) is 0 Å². The number of aryl methyl sites for hydroxylation is 1. The van der Waals surface area contributed by atoms with Gasteiger partial charge < -0.3 is 10.6 Å². The fourth-order valence-electron chi connectivity index (χ4n) is 1.84. The van der Waals surface area contributed by atoms with Gasteiger partial charge in [-0.25, -0.2) is 0 Å². The van der Waals surface area contributed by atoms with Gasteiger partial charge in [-0.15, -0.1) is 0 Å². The summed E-state index contributed by atoms with van der Waals surface area (Å²) in [7, 11) is 0. The van der Waals surface area contributed by atoms with Crippen LogP contribution in [0.3, 0.4) is 0 Å². The van der Waals surface area contributed by atoms with Crippen molar-refractivity contribution >= 4 is 38.9 Å². The third-order valence-corrected chi connectivity index (χ3v) is 3.78. The van der Waals surface area contributed by atoms with E-state index < -0.39 is 0 Å². The van der Waals surface area contributed by atoms with Crippen LogP contribution >= 0.6 is 28.1 Å². The van der Waals surface area contributed by atoms with Crippen molar-refractivity contribution < 1.29 is 0 Å². The van der Waals surface area contributed by atoms with Gasteiger partial charge in [0.05, 0.1) is 6.04 Å². The van der Waals surface area contributed by atoms with E-state index in [4.69, 9.17) is 12.2 Å². The molecule has 0 radical (unpaired) electrons. The van der Waals surface area contributed by atoms with Gasteiger partial charge in [-0.05, 0) is 55.9 Å². The summed E-state index contributed by atoms with van der Waals surface area (Å²) in [5.41, 5.74) is 3.45. The second-order valence-electron chi connectivity index (χ2n) is 4.74. The molecule has 0 aromatic heterocycles. The maximum absolute atomic E-state index is 5.34. The first kappa shape index (κ1) is 15.0. The molecular formula is C16H17BrN2S. The summed E-state index contributed by atoms with van der Waals surface area (Å²) in [6.45, 7) is 4.18. The van der Waals surface area contributed by atoms with Crippen molar-refractivity contribution in [1.82, 2.24) is 5.32 Å². The predicted molar refractivity (Wildman–Crippen MR) is 93.1 cm³/mol. The van der Waals surface area contributed by atoms with E-state index in [1.165, 1.54) is 11.1 Å². The Morgan fingerprint density at radius 2 is 1.65 bits per heavy atom. The van der Waals surface area contributed by atoms with Crippen molar-refractivity contribution in [3.05, 3.63) is 64.1 Å². The Morgan fingerprint density at radius 3 is 2.25 bits per heavy atom. The maximum Gasteiger partial charge on any atom is 0.171 e. The third kappa shape index (κ3) is 4.32. The van der Waals surface area contributed by atoms with Gasteiger partial charge in [0.25, 0.3) is 0 Å². The molecule has 2 aromatic rings. The zero-order valence-corrected chi connectivity index (χ0v) is 13.9. The Balaban J connectivity index is 1.93. The highest BCUT2D eigenvalue weighted by molar-refractivity contribution is 9.10. The SMILES string of the molecule is Cc1ccc([C@H](C)NC(=S)Nc2ccc(Br)cc2)cc1. The van der Waals surface area contributed by atoms with Crippen molar-refractivity contribution in [1.29, 1.82) is 0 Å². The highest BCUT2D eigenvalue weighted by atomic mass is 79.9. The Labute approximate surface area is 133 Å². The summed E-state index contributed by atoms with van der Waals surface area (Å²) in [5, 5.41) is 7.09. The highest BCUT2D eigenvalue weighted by Gasteiger charge is 2.06. The fraction of sp³-hybridized carbons (Fsp3) is 0.188. The molecule has 0 fully saturated rings. The zero-order valence-electron chi connectivity index (χ0n) is 11.5. The highest BCUT2D eigenvalue weighted by Crippen LogP contribution is 2.16. The summed E-state index contributed by atoms with van der Waals surface area (Å²) in [5.74, 6) is 0. The van der Waals surface area contributed by atoms with Crippen LogP contribution in [0.1, 0.15) is 24.1 Å². The summed E-state index contributed by atoms with van der Waals surface area (Å²) in [6.07, 6.45) is 0. The van der Waals surface area contributed by atoms with Crippen molar-refractivity contribution in [3.8, 4) is 0 Å². The molecule has 0 aliphatic heterocycles. The molecule has 2 N–H and O–H groups in total. The normalized spacial score (nSPS) is 11.8. The molecule has 0 aliphatic carbocycles. The Kier molecular flexibility index (Phi) is 5.15. The minimum Gasteiger partial charge on any atom is -0.356 e. The molecule has 0 saturated carbocycles. The lowest BCUT2D eigenvalue weighted by atomic mass is 10.1. The van der Waals surface area contributed by atoms with Crippen molar-refractivity contribution in [2.75, 3.05) is 5.32 Å². The molecule has 0 unspecified atom stereocenters. The summed E-state index contributed by atoms with van der Waals surface area (Å²) in [4.78, 5) is 0. The molecule has 0 aliphatic rings. The quantitative estimate of drug-likeness (QED) is 0.778. The maximum atomic E-state index is 5.34. The number of hydrogen-bond acceptors (Lipinski definition) is 1. The fourth-order valence-corrected chi connectivity index (χ4v) is 2.39. The Morgan fingerprint density at radius 1 is 1.05 bits per heavy atom. The lowest BCUT2D eigenvalue weighted by Crippen LogP contribution is -2.30. The van der Waals surface area contributed by atoms with Gasteiger partial charge in [0.15, 0.2) is 5.11 Å². The predicted octanol–water partition coefficient (Wildman–Crippen LogP) is 4.81. The molecule has 0 bridgehead atoms. The molecule has 0 saturated heterocycles. The van der Waals surface area contributed by atoms with Crippen LogP contribution in [0.5, 0.6) is 0 Å². The van der Waals surface area contributed by atoms with E-state index in [9.17, 15) is 0 Å². The zero-order chi connectivity index (χ0) is 14.5. The monoisotopic (exact) mass is 348 g/mol. The number of halogens is 1. The van der Waals surface area contributed by atoms with E-state index in [2.05, 4.69) is 64.7 Å². The van der Waals surface area contributed by atoms with Crippen LogP contribution < -0.4 is 10.6 Å². The number of hydrogen-bond donors (Lipinski definition) is 2. The third-order valence-electron chi connectivity index (χ3n) is 3.03. The molecule has 2 rings (SSSR count). The first-order chi connectivity index (χ1) is 9.54. The molecule has 0 spiro atoms. The largest absolute Gasteiger partial charge is 0.356 e. The van der Waals surface area contributed by atoms with Crippen LogP contribution in [-0.4, -0.2) is 5.11 Å². The van der Waals surface area contributed by atoms with Crippen molar-refractivity contribution in [2.24, 2.45) is 0 Å². The second kappa shape index (κ2) is 6.86. The Hall–Kier alpha value is -1.39. The van der Waals surface area contributed by atoms with Gasteiger partial charge in [-0.2, -0.15) is 0 Å². The van der Waals surface area contributed by atoms with E-state index in [0.717, 1.165) is 10.2 Å². The minimum atomic E-state index is 0.172. The number of thiocarbonyl (C=S) groups is 1. The van der Waals surface area contributed by atoms with Gasteiger partial charge in [-0.3, -0.25) is 0 Å². The van der Waals surface area contributed by atoms with Gasteiger partial charge in [-0.1, -0.05) is 45.8 Å². The van der Waals surface area contributed by atoms with Crippen molar-refractivity contribution in [3.63, 3.8) is 0 Å². The lowest BCUT2D eigenvalue weighted by molar-refractivity contribution is 0.722. The molecule has 2 aromatic carbocycles. The minimum absolute atomic E-state index is 0.172. The number of anilines is 1. The second-order valence-corrected chi connectivity index (χ2v) is 6.06. The number of nitrogens with one attached hydrogen (secondary N) is 2. The van der Waals surface area contributed by atoms with E-state index in [1.54, 1.807) is 0 Å². The van der Waals surface area contributed by atoms with Crippen LogP contribution in [0.4, 0.5) is 5.69 Å². The molecule has 0 amide bonds. The Bertz CT molecular complexity index is 578. The van der Waals surface area contributed by atoms with Crippen LogP contribution in [0, 0.1) is 6.92 Å². The van der Waals surface area contributed by atoms with Crippen LogP contribution in [0.25, 0.3) is 0 Å². The average Bonchev–Trinajstić information content (AvgIpc) is 2.42. The van der Waals surface area contributed by atoms with Crippen LogP contribution in [0.15, 0.2) is 53.0 Å². The molecule has 0 heterocycles. The van der Waals surface area contributed by atoms with E-state index >= 15 is 0 Å². The van der Waals surface area contributed by atoms with E-state index in [0.29, 0.717) is 5.11 Å². The molecular weight excluding hydrogens is 332 g/mol. The van der Waals surface area contributed by atoms with Crippen molar-refractivity contribution in [2.45, 2.75) is 19.9 Å². The average molecular weight is 349 g/mol. The number of rotatable bonds is 3. The van der Waals surface area contributed by atoms with E-state index in [1.807, 2.05) is 24.3 Å². The molecule has 4 heteroatoms. The van der Waals surface area contributed by atoms with Gasteiger partial charge in [0.1, 0.15) is 0 Å². The van der Waals surface area contributed by atoms with Crippen LogP contribution in [-0.2, 0) is 0 Å². The topological polar surface area (TPSA) is 24.1 Å². The molecule has 1 atom stereocenters. The summed E-state index contributed by atoms with van der Waals surface area (Å²) in [6, 6.07) is 16.6. The first-order valence-corrected chi connectivity index (χ1v) is 7.64. The number of benzene rings is 2. The standard InChI is InChI=1S/C16H17BrN2S/c1-11-3-5-13(6-4-11)12(2)18-16(20)19-15-9-7-14(17)8-10-15/h3-10,12H,1-2H3,(H2,18,19,20)/t12-/m0/s1. The van der Waals surface area contributed by atoms with Crippen LogP contribution in [0.2, 0.25) is 0 Å². The summed E-state index contributed by atoms with van der Waals surface area (Å²) < 4.78 is 1.05. The molecule has 20 heavy (non-hydrogen) atoms. The molecule has 2 nitrogen and oxygen atoms in total. The van der Waals surface area contributed by atoms with E-state index in [-0.39, 0.29) is 6.04 Å². The lowest BCUT2D eigenvalue weighted by Gasteiger charge is -2.17. The summed E-state index contributed by atoms with van der Waals surface area (Å²) >= 11 is 8.75. The smallest absolute Gasteiger partial charge is 0.171 e. The first-order valence-electron chi connectivity index (χ1n) is 6.44.